The summed E-state index contributed by atoms with van der Waals surface area (Å²) >= 11 is 0. The number of anilines is 3. The van der Waals surface area contributed by atoms with Crippen LogP contribution in [0.2, 0.25) is 0 Å². The van der Waals surface area contributed by atoms with Gasteiger partial charge in [0.1, 0.15) is 0 Å². The van der Waals surface area contributed by atoms with Crippen LogP contribution in [0.5, 0.6) is 0 Å². The van der Waals surface area contributed by atoms with Crippen LogP contribution in [-0.4, -0.2) is 44.5 Å². The van der Waals surface area contributed by atoms with Crippen molar-refractivity contribution in [3.8, 4) is 0 Å². The van der Waals surface area contributed by atoms with Gasteiger partial charge >= 0.3 is 0 Å². The molecule has 8 heteroatoms. The lowest BCUT2D eigenvalue weighted by molar-refractivity contribution is -0.116. The van der Waals surface area contributed by atoms with Gasteiger partial charge in [0.25, 0.3) is 5.91 Å². The van der Waals surface area contributed by atoms with Crippen LogP contribution in [0.4, 0.5) is 17.1 Å². The van der Waals surface area contributed by atoms with Crippen molar-refractivity contribution in [2.45, 2.75) is 26.7 Å². The van der Waals surface area contributed by atoms with Gasteiger partial charge in [0.05, 0.1) is 6.54 Å². The van der Waals surface area contributed by atoms with Crippen molar-refractivity contribution in [3.05, 3.63) is 53.6 Å². The van der Waals surface area contributed by atoms with E-state index in [1.807, 2.05) is 19.1 Å². The fraction of sp³-hybridized carbons (Fsp3) is 0.348. The topological polar surface area (TPSA) is 109 Å². The Hall–Kier alpha value is -3.39. The first-order chi connectivity index (χ1) is 14.9. The Morgan fingerprint density at radius 3 is 2.32 bits per heavy atom. The van der Waals surface area contributed by atoms with Gasteiger partial charge < -0.3 is 26.0 Å². The van der Waals surface area contributed by atoms with Gasteiger partial charge in [-0.05, 0) is 55.3 Å². The molecule has 0 fully saturated rings. The zero-order valence-corrected chi connectivity index (χ0v) is 18.2. The third-order valence-electron chi connectivity index (χ3n) is 4.53. The van der Waals surface area contributed by atoms with Gasteiger partial charge in [-0.15, -0.1) is 0 Å². The predicted octanol–water partition coefficient (Wildman–Crippen LogP) is 3.16. The Bertz CT molecular complexity index is 897. The number of hydrogen-bond donors (Lipinski definition) is 4. The number of amides is 3. The monoisotopic (exact) mass is 426 g/mol. The minimum Gasteiger partial charge on any atom is -0.385 e. The fourth-order valence-corrected chi connectivity index (χ4v) is 2.72. The standard InChI is InChI=1S/C23H30N4O4/c1-4-21(28)27-20-14-19(9-6-16(20)2)25-15-22(29)26-18-10-7-17(8-11-18)23(30)24-12-5-13-31-3/h6-11,14,25H,4-5,12-13,15H2,1-3H3,(H,24,30)(H,26,29)(H,27,28). The summed E-state index contributed by atoms with van der Waals surface area (Å²) in [4.78, 5) is 35.9. The van der Waals surface area contributed by atoms with Crippen molar-refractivity contribution in [1.82, 2.24) is 5.32 Å². The lowest BCUT2D eigenvalue weighted by Crippen LogP contribution is -2.25. The van der Waals surface area contributed by atoms with Crippen LogP contribution >= 0.6 is 0 Å². The number of carbonyl (C=O) groups is 3. The summed E-state index contributed by atoms with van der Waals surface area (Å²) in [6.45, 7) is 4.90. The number of methoxy groups -OCH3 is 1. The van der Waals surface area contributed by atoms with Gasteiger partial charge in [-0.2, -0.15) is 0 Å². The first kappa shape index (κ1) is 23.9. The molecule has 0 spiro atoms. The zero-order valence-electron chi connectivity index (χ0n) is 18.2. The normalized spacial score (nSPS) is 10.3. The molecule has 0 bridgehead atoms. The summed E-state index contributed by atoms with van der Waals surface area (Å²) < 4.78 is 4.95. The molecule has 4 N–H and O–H groups in total. The van der Waals surface area contributed by atoms with Crippen LogP contribution < -0.4 is 21.3 Å². The quantitative estimate of drug-likeness (QED) is 0.413. The van der Waals surface area contributed by atoms with Crippen molar-refractivity contribution < 1.29 is 19.1 Å². The van der Waals surface area contributed by atoms with Crippen LogP contribution in [0.3, 0.4) is 0 Å². The molecule has 0 aliphatic carbocycles. The molecule has 0 aliphatic rings. The molecule has 0 heterocycles. The molecule has 31 heavy (non-hydrogen) atoms. The van der Waals surface area contributed by atoms with Crippen molar-refractivity contribution >= 4 is 34.8 Å². The number of nitrogens with one attached hydrogen (secondary N) is 4. The largest absolute Gasteiger partial charge is 0.385 e. The van der Waals surface area contributed by atoms with Crippen LogP contribution in [0.25, 0.3) is 0 Å². The highest BCUT2D eigenvalue weighted by Crippen LogP contribution is 2.20. The van der Waals surface area contributed by atoms with Gasteiger partial charge in [-0.25, -0.2) is 0 Å². The van der Waals surface area contributed by atoms with E-state index in [4.69, 9.17) is 4.74 Å². The number of benzene rings is 2. The third kappa shape index (κ3) is 8.10. The smallest absolute Gasteiger partial charge is 0.251 e. The molecule has 0 unspecified atom stereocenters. The molecular formula is C23H30N4O4. The highest BCUT2D eigenvalue weighted by atomic mass is 16.5. The minimum atomic E-state index is -0.225. The van der Waals surface area contributed by atoms with E-state index in [0.29, 0.717) is 36.5 Å². The highest BCUT2D eigenvalue weighted by molar-refractivity contribution is 5.97. The molecule has 0 aromatic heterocycles. The number of carbonyl (C=O) groups excluding carboxylic acids is 3. The van der Waals surface area contributed by atoms with E-state index >= 15 is 0 Å². The summed E-state index contributed by atoms with van der Waals surface area (Å²) in [5.74, 6) is -0.456. The Balaban J connectivity index is 1.84. The van der Waals surface area contributed by atoms with Gasteiger partial charge in [0.15, 0.2) is 0 Å². The molecule has 2 aromatic carbocycles. The molecule has 0 radical (unpaired) electrons. The zero-order chi connectivity index (χ0) is 22.6. The first-order valence-electron chi connectivity index (χ1n) is 10.2. The summed E-state index contributed by atoms with van der Waals surface area (Å²) in [6, 6.07) is 12.2. The fourth-order valence-electron chi connectivity index (χ4n) is 2.72. The molecule has 0 saturated heterocycles. The lowest BCUT2D eigenvalue weighted by atomic mass is 10.1. The summed E-state index contributed by atoms with van der Waals surface area (Å²) in [5.41, 5.74) is 3.51. The van der Waals surface area contributed by atoms with E-state index in [0.717, 1.165) is 17.7 Å². The van der Waals surface area contributed by atoms with Crippen LogP contribution in [0.1, 0.15) is 35.7 Å². The van der Waals surface area contributed by atoms with Gasteiger partial charge in [0, 0.05) is 49.3 Å². The van der Waals surface area contributed by atoms with Crippen LogP contribution in [0, 0.1) is 6.92 Å². The molecule has 3 amide bonds. The molecule has 8 nitrogen and oxygen atoms in total. The molecule has 0 saturated carbocycles. The Kier molecular flexibility index (Phi) is 9.51. The number of aryl methyl sites for hydroxylation is 1. The second kappa shape index (κ2) is 12.3. The number of hydrogen-bond acceptors (Lipinski definition) is 5. The second-order valence-corrected chi connectivity index (χ2v) is 7.01. The van der Waals surface area contributed by atoms with Crippen LogP contribution in [0.15, 0.2) is 42.5 Å². The van der Waals surface area contributed by atoms with Crippen molar-refractivity contribution in [2.75, 3.05) is 42.8 Å². The van der Waals surface area contributed by atoms with Crippen molar-refractivity contribution in [1.29, 1.82) is 0 Å². The molecular weight excluding hydrogens is 396 g/mol. The van der Waals surface area contributed by atoms with E-state index in [1.54, 1.807) is 44.4 Å². The Morgan fingerprint density at radius 2 is 1.65 bits per heavy atom. The third-order valence-corrected chi connectivity index (χ3v) is 4.53. The van der Waals surface area contributed by atoms with Gasteiger partial charge in [0.2, 0.25) is 11.8 Å². The maximum absolute atomic E-state index is 12.2. The van der Waals surface area contributed by atoms with Crippen LogP contribution in [-0.2, 0) is 14.3 Å². The van der Waals surface area contributed by atoms with Crippen molar-refractivity contribution in [3.63, 3.8) is 0 Å². The molecule has 166 valence electrons. The number of ether oxygens (including phenoxy) is 1. The average molecular weight is 427 g/mol. The number of rotatable bonds is 11. The van der Waals surface area contributed by atoms with Crippen molar-refractivity contribution in [2.24, 2.45) is 0 Å². The summed E-state index contributed by atoms with van der Waals surface area (Å²) in [6.07, 6.45) is 1.14. The maximum Gasteiger partial charge on any atom is 0.251 e. The average Bonchev–Trinajstić information content (AvgIpc) is 2.77. The minimum absolute atomic E-state index is 0.0615. The highest BCUT2D eigenvalue weighted by Gasteiger charge is 2.08. The Labute approximate surface area is 182 Å². The second-order valence-electron chi connectivity index (χ2n) is 7.01. The van der Waals surface area contributed by atoms with Gasteiger partial charge in [-0.3, -0.25) is 14.4 Å². The van der Waals surface area contributed by atoms with E-state index in [-0.39, 0.29) is 24.3 Å². The molecule has 0 atom stereocenters. The molecule has 2 rings (SSSR count). The molecule has 0 aliphatic heterocycles. The van der Waals surface area contributed by atoms with E-state index < -0.39 is 0 Å². The predicted molar refractivity (Wildman–Crippen MR) is 122 cm³/mol. The SMILES string of the molecule is CCC(=O)Nc1cc(NCC(=O)Nc2ccc(C(=O)NCCCOC)cc2)ccc1C. The molecule has 2 aromatic rings. The maximum atomic E-state index is 12.2. The van der Waals surface area contributed by atoms with E-state index in [2.05, 4.69) is 21.3 Å². The first-order valence-corrected chi connectivity index (χ1v) is 10.2. The lowest BCUT2D eigenvalue weighted by Gasteiger charge is -2.12. The summed E-state index contributed by atoms with van der Waals surface area (Å²) in [7, 11) is 1.62. The summed E-state index contributed by atoms with van der Waals surface area (Å²) in [5, 5.41) is 11.5. The Morgan fingerprint density at radius 1 is 0.935 bits per heavy atom. The van der Waals surface area contributed by atoms with E-state index in [9.17, 15) is 14.4 Å². The van der Waals surface area contributed by atoms with Gasteiger partial charge in [-0.1, -0.05) is 13.0 Å². The van der Waals surface area contributed by atoms with E-state index in [1.165, 1.54) is 0 Å².